The largest absolute Gasteiger partial charge is 0.103 e. The van der Waals surface area contributed by atoms with Crippen LogP contribution in [0.1, 0.15) is 58.8 Å². The van der Waals surface area contributed by atoms with Crippen LogP contribution in [0, 0.1) is 17.3 Å². The van der Waals surface area contributed by atoms with Gasteiger partial charge < -0.3 is 0 Å². The summed E-state index contributed by atoms with van der Waals surface area (Å²) >= 11 is 0. The summed E-state index contributed by atoms with van der Waals surface area (Å²) in [5.74, 6) is 6.50. The van der Waals surface area contributed by atoms with Crippen LogP contribution >= 0.6 is 0 Å². The highest BCUT2D eigenvalue weighted by molar-refractivity contribution is 5.08. The molecule has 0 aliphatic heterocycles. The highest BCUT2D eigenvalue weighted by atomic mass is 14.3. The molecule has 0 aromatic rings. The smallest absolute Gasteiger partial charge is 0.0146 e. The van der Waals surface area contributed by atoms with E-state index in [4.69, 9.17) is 0 Å². The van der Waals surface area contributed by atoms with E-state index in [1.807, 2.05) is 0 Å². The van der Waals surface area contributed by atoms with Crippen molar-refractivity contribution in [1.82, 2.24) is 0 Å². The van der Waals surface area contributed by atoms with E-state index < -0.39 is 0 Å². The second-order valence-electron chi connectivity index (χ2n) is 4.03. The molecule has 0 fully saturated rings. The molecule has 0 atom stereocenters. The molecule has 0 radical (unpaired) electrons. The molecule has 0 bridgehead atoms. The first kappa shape index (κ1) is 9.65. The van der Waals surface area contributed by atoms with Crippen LogP contribution < -0.4 is 0 Å². The highest BCUT2D eigenvalue weighted by Crippen LogP contribution is 2.39. The van der Waals surface area contributed by atoms with Crippen molar-refractivity contribution in [3.05, 3.63) is 0 Å². The fourth-order valence-corrected chi connectivity index (χ4v) is 2.37. The summed E-state index contributed by atoms with van der Waals surface area (Å²) in [6.07, 6.45) is 9.06. The third-order valence-electron chi connectivity index (χ3n) is 2.93. The van der Waals surface area contributed by atoms with Gasteiger partial charge >= 0.3 is 0 Å². The lowest BCUT2D eigenvalue weighted by Crippen LogP contribution is -2.21. The van der Waals surface area contributed by atoms with Gasteiger partial charge in [-0.05, 0) is 24.7 Å². The Morgan fingerprint density at radius 3 is 2.17 bits per heavy atom. The first-order chi connectivity index (χ1) is 5.83. The van der Waals surface area contributed by atoms with E-state index in [2.05, 4.69) is 25.7 Å². The van der Waals surface area contributed by atoms with E-state index in [9.17, 15) is 0 Å². The molecule has 0 N–H and O–H groups in total. The molecule has 12 heavy (non-hydrogen) atoms. The molecular weight excluding hydrogens is 144 g/mol. The Balaban J connectivity index is 2.54. The minimum atomic E-state index is 0.606. The number of hydrogen-bond donors (Lipinski definition) is 0. The summed E-state index contributed by atoms with van der Waals surface area (Å²) in [7, 11) is 0. The van der Waals surface area contributed by atoms with E-state index in [0.717, 1.165) is 12.8 Å². The Bertz CT molecular complexity index is 174. The van der Waals surface area contributed by atoms with Crippen molar-refractivity contribution >= 4 is 0 Å². The van der Waals surface area contributed by atoms with Gasteiger partial charge in [0.05, 0.1) is 0 Å². The molecule has 0 aromatic carbocycles. The van der Waals surface area contributed by atoms with Crippen molar-refractivity contribution in [2.75, 3.05) is 0 Å². The highest BCUT2D eigenvalue weighted by Gasteiger charge is 2.27. The normalized spacial score (nSPS) is 19.8. The van der Waals surface area contributed by atoms with E-state index in [-0.39, 0.29) is 0 Å². The molecule has 0 unspecified atom stereocenters. The Kier molecular flexibility index (Phi) is 3.66. The summed E-state index contributed by atoms with van der Waals surface area (Å²) in [5, 5.41) is 0. The van der Waals surface area contributed by atoms with Crippen molar-refractivity contribution in [3.63, 3.8) is 0 Å². The Morgan fingerprint density at radius 2 is 1.75 bits per heavy atom. The standard InChI is InChI=1S/C12H20/c1-3-8-12(9-4-2)10-6-5-7-11-12/h3-4,6,8-11H2,1-2H3. The molecule has 0 aromatic heterocycles. The van der Waals surface area contributed by atoms with Crippen LogP contribution in [0.15, 0.2) is 0 Å². The number of rotatable bonds is 4. The van der Waals surface area contributed by atoms with Crippen molar-refractivity contribution in [1.29, 1.82) is 0 Å². The Hall–Kier alpha value is -0.440. The van der Waals surface area contributed by atoms with Gasteiger partial charge in [0.1, 0.15) is 0 Å². The van der Waals surface area contributed by atoms with Gasteiger partial charge in [0.25, 0.3) is 0 Å². The van der Waals surface area contributed by atoms with Gasteiger partial charge in [-0.25, -0.2) is 0 Å². The van der Waals surface area contributed by atoms with Gasteiger partial charge in [-0.2, -0.15) is 0 Å². The molecule has 0 heterocycles. The zero-order valence-corrected chi connectivity index (χ0v) is 8.45. The molecule has 0 spiro atoms. The topological polar surface area (TPSA) is 0 Å². The maximum absolute atomic E-state index is 3.30. The summed E-state index contributed by atoms with van der Waals surface area (Å²) < 4.78 is 0. The summed E-state index contributed by atoms with van der Waals surface area (Å²) in [4.78, 5) is 0. The van der Waals surface area contributed by atoms with Crippen LogP contribution in [0.4, 0.5) is 0 Å². The zero-order valence-electron chi connectivity index (χ0n) is 8.45. The van der Waals surface area contributed by atoms with E-state index in [1.54, 1.807) is 0 Å². The summed E-state index contributed by atoms with van der Waals surface area (Å²) in [5.41, 5.74) is 0.606. The fraction of sp³-hybridized carbons (Fsp3) is 0.833. The van der Waals surface area contributed by atoms with Gasteiger partial charge in [-0.3, -0.25) is 0 Å². The Morgan fingerprint density at radius 1 is 1.08 bits per heavy atom. The van der Waals surface area contributed by atoms with Crippen molar-refractivity contribution in [2.45, 2.75) is 58.8 Å². The predicted octanol–water partition coefficient (Wildman–Crippen LogP) is 3.76. The molecule has 1 rings (SSSR count). The quantitative estimate of drug-likeness (QED) is 0.555. The minimum absolute atomic E-state index is 0.606. The second kappa shape index (κ2) is 4.55. The molecule has 0 nitrogen and oxygen atoms in total. The molecule has 68 valence electrons. The molecule has 1 aliphatic carbocycles. The maximum Gasteiger partial charge on any atom is 0.0146 e. The average Bonchev–Trinajstić information content (AvgIpc) is 2.07. The molecule has 1 aliphatic rings. The first-order valence-corrected chi connectivity index (χ1v) is 5.29. The van der Waals surface area contributed by atoms with Crippen LogP contribution in [-0.4, -0.2) is 0 Å². The molecular formula is C12H20. The van der Waals surface area contributed by atoms with E-state index >= 15 is 0 Å². The monoisotopic (exact) mass is 164 g/mol. The fourth-order valence-electron chi connectivity index (χ4n) is 2.37. The van der Waals surface area contributed by atoms with Crippen LogP contribution in [-0.2, 0) is 0 Å². The molecule has 0 amide bonds. The van der Waals surface area contributed by atoms with Gasteiger partial charge in [0.2, 0.25) is 0 Å². The third kappa shape index (κ3) is 2.27. The first-order valence-electron chi connectivity index (χ1n) is 5.29. The van der Waals surface area contributed by atoms with E-state index in [0.29, 0.717) is 5.41 Å². The molecule has 0 saturated heterocycles. The predicted molar refractivity (Wildman–Crippen MR) is 53.9 cm³/mol. The van der Waals surface area contributed by atoms with Crippen molar-refractivity contribution < 1.29 is 0 Å². The van der Waals surface area contributed by atoms with E-state index in [1.165, 1.54) is 32.1 Å². The van der Waals surface area contributed by atoms with Crippen LogP contribution in [0.2, 0.25) is 0 Å². The van der Waals surface area contributed by atoms with Crippen LogP contribution in [0.3, 0.4) is 0 Å². The van der Waals surface area contributed by atoms with Crippen molar-refractivity contribution in [3.8, 4) is 11.8 Å². The lowest BCUT2D eigenvalue weighted by atomic mass is 9.72. The van der Waals surface area contributed by atoms with Crippen LogP contribution in [0.25, 0.3) is 0 Å². The average molecular weight is 164 g/mol. The second-order valence-corrected chi connectivity index (χ2v) is 4.03. The van der Waals surface area contributed by atoms with Crippen molar-refractivity contribution in [2.24, 2.45) is 5.41 Å². The minimum Gasteiger partial charge on any atom is -0.103 e. The third-order valence-corrected chi connectivity index (χ3v) is 2.93. The van der Waals surface area contributed by atoms with Crippen LogP contribution in [0.5, 0.6) is 0 Å². The molecule has 0 saturated carbocycles. The summed E-state index contributed by atoms with van der Waals surface area (Å²) in [6.45, 7) is 4.58. The lowest BCUT2D eigenvalue weighted by Gasteiger charge is -2.33. The van der Waals surface area contributed by atoms with Gasteiger partial charge in [0, 0.05) is 12.8 Å². The SMILES string of the molecule is CCCC1(CCC)CC#CCC1. The number of hydrogen-bond acceptors (Lipinski definition) is 0. The van der Waals surface area contributed by atoms with Gasteiger partial charge in [-0.1, -0.05) is 26.7 Å². The van der Waals surface area contributed by atoms with Gasteiger partial charge in [0.15, 0.2) is 0 Å². The lowest BCUT2D eigenvalue weighted by molar-refractivity contribution is 0.218. The summed E-state index contributed by atoms with van der Waals surface area (Å²) in [6, 6.07) is 0. The zero-order chi connectivity index (χ0) is 8.86. The maximum atomic E-state index is 3.30. The molecule has 0 heteroatoms. The Labute approximate surface area is 76.7 Å². The van der Waals surface area contributed by atoms with Gasteiger partial charge in [-0.15, -0.1) is 11.8 Å².